The monoisotopic (exact) mass is 284 g/mol. The van der Waals surface area contributed by atoms with E-state index in [2.05, 4.69) is 35.6 Å². The molecule has 1 atom stereocenters. The Labute approximate surface area is 122 Å². The Morgan fingerprint density at radius 1 is 1.15 bits per heavy atom. The number of hydrogen-bond acceptors (Lipinski definition) is 3. The summed E-state index contributed by atoms with van der Waals surface area (Å²) in [4.78, 5) is 12.4. The van der Waals surface area contributed by atoms with Crippen LogP contribution in [-0.2, 0) is 10.5 Å². The highest BCUT2D eigenvalue weighted by molar-refractivity contribution is 7.98. The topological polar surface area (TPSA) is 55.1 Å². The molecule has 1 aliphatic rings. The van der Waals surface area contributed by atoms with Crippen LogP contribution in [0.25, 0.3) is 0 Å². The summed E-state index contributed by atoms with van der Waals surface area (Å²) in [5, 5.41) is 3.29. The van der Waals surface area contributed by atoms with E-state index in [1.54, 1.807) is 0 Å². The number of nitrogens with two attached hydrogens (primary N) is 1. The highest BCUT2D eigenvalue weighted by Crippen LogP contribution is 2.38. The molecular weight excluding hydrogens is 268 g/mol. The van der Waals surface area contributed by atoms with Gasteiger partial charge in [-0.2, -0.15) is 0 Å². The van der Waals surface area contributed by atoms with Crippen LogP contribution in [0.4, 0.5) is 0 Å². The number of amides is 1. The zero-order chi connectivity index (χ0) is 13.9. The number of fused-ring (bicyclic) bond motifs is 2. The minimum atomic E-state index is -0.336. The molecule has 0 radical (unpaired) electrons. The minimum absolute atomic E-state index is 0.0184. The first-order valence-electron chi connectivity index (χ1n) is 6.57. The van der Waals surface area contributed by atoms with Crippen molar-refractivity contribution in [1.82, 2.24) is 5.32 Å². The number of primary amides is 1. The standard InChI is InChI=1S/C16H16N2OS/c17-15(19)9-18-16-12-6-2-1-5-11(12)10-20-14-8-4-3-7-13(14)16/h1-8,16,18H,9-10H2,(H2,17,19). The molecule has 0 aromatic heterocycles. The van der Waals surface area contributed by atoms with E-state index in [9.17, 15) is 4.79 Å². The van der Waals surface area contributed by atoms with Crippen molar-refractivity contribution in [3.05, 3.63) is 65.2 Å². The van der Waals surface area contributed by atoms with Gasteiger partial charge in [-0.25, -0.2) is 0 Å². The maximum Gasteiger partial charge on any atom is 0.231 e. The molecule has 102 valence electrons. The molecule has 0 bridgehead atoms. The fraction of sp³-hybridized carbons (Fsp3) is 0.188. The van der Waals surface area contributed by atoms with Gasteiger partial charge in [0.05, 0.1) is 12.6 Å². The van der Waals surface area contributed by atoms with Gasteiger partial charge in [0.15, 0.2) is 0 Å². The van der Waals surface area contributed by atoms with Gasteiger partial charge >= 0.3 is 0 Å². The summed E-state index contributed by atoms with van der Waals surface area (Å²) >= 11 is 1.83. The smallest absolute Gasteiger partial charge is 0.231 e. The molecule has 1 aliphatic heterocycles. The molecule has 0 spiro atoms. The summed E-state index contributed by atoms with van der Waals surface area (Å²) in [7, 11) is 0. The molecule has 1 unspecified atom stereocenters. The molecule has 0 saturated heterocycles. The van der Waals surface area contributed by atoms with Crippen LogP contribution in [0.1, 0.15) is 22.7 Å². The van der Waals surface area contributed by atoms with Crippen LogP contribution in [0.5, 0.6) is 0 Å². The molecule has 0 fully saturated rings. The highest BCUT2D eigenvalue weighted by atomic mass is 32.2. The molecule has 4 heteroatoms. The quantitative estimate of drug-likeness (QED) is 0.910. The highest BCUT2D eigenvalue weighted by Gasteiger charge is 2.23. The SMILES string of the molecule is NC(=O)CNC1c2ccccc2CSc2ccccc21. The number of hydrogen-bond donors (Lipinski definition) is 2. The molecule has 0 aliphatic carbocycles. The Kier molecular flexibility index (Phi) is 3.76. The first kappa shape index (κ1) is 13.2. The number of carbonyl (C=O) groups is 1. The third kappa shape index (κ3) is 2.57. The van der Waals surface area contributed by atoms with E-state index >= 15 is 0 Å². The van der Waals surface area contributed by atoms with Gasteiger partial charge in [0.1, 0.15) is 0 Å². The second-order valence-corrected chi connectivity index (χ2v) is 5.82. The first-order valence-corrected chi connectivity index (χ1v) is 7.55. The largest absolute Gasteiger partial charge is 0.369 e. The van der Waals surface area contributed by atoms with Crippen molar-refractivity contribution in [1.29, 1.82) is 0 Å². The minimum Gasteiger partial charge on any atom is -0.369 e. The van der Waals surface area contributed by atoms with Gasteiger partial charge in [-0.3, -0.25) is 10.1 Å². The van der Waals surface area contributed by atoms with Crippen molar-refractivity contribution >= 4 is 17.7 Å². The van der Waals surface area contributed by atoms with E-state index in [1.165, 1.54) is 21.6 Å². The molecule has 0 saturated carbocycles. The van der Waals surface area contributed by atoms with E-state index in [1.807, 2.05) is 30.0 Å². The van der Waals surface area contributed by atoms with Gasteiger partial charge in [-0.05, 0) is 22.8 Å². The Balaban J connectivity index is 2.06. The van der Waals surface area contributed by atoms with Crippen LogP contribution >= 0.6 is 11.8 Å². The van der Waals surface area contributed by atoms with Gasteiger partial charge in [0.25, 0.3) is 0 Å². The van der Waals surface area contributed by atoms with Crippen molar-refractivity contribution in [2.24, 2.45) is 5.73 Å². The normalized spacial score (nSPS) is 16.9. The summed E-state index contributed by atoms with van der Waals surface area (Å²) in [6.07, 6.45) is 0. The van der Waals surface area contributed by atoms with Crippen LogP contribution in [-0.4, -0.2) is 12.5 Å². The van der Waals surface area contributed by atoms with Crippen molar-refractivity contribution in [3.8, 4) is 0 Å². The number of nitrogens with one attached hydrogen (secondary N) is 1. The molecule has 3 rings (SSSR count). The number of thioether (sulfide) groups is 1. The number of rotatable bonds is 3. The number of benzene rings is 2. The Bertz CT molecular complexity index is 594. The molecule has 1 heterocycles. The zero-order valence-electron chi connectivity index (χ0n) is 11.0. The van der Waals surface area contributed by atoms with Gasteiger partial charge in [-0.1, -0.05) is 42.5 Å². The third-order valence-corrected chi connectivity index (χ3v) is 4.60. The molecule has 2 aromatic carbocycles. The van der Waals surface area contributed by atoms with Crippen LogP contribution in [0.3, 0.4) is 0 Å². The maximum absolute atomic E-state index is 11.1. The fourth-order valence-electron chi connectivity index (χ4n) is 2.54. The molecule has 3 nitrogen and oxygen atoms in total. The van der Waals surface area contributed by atoms with Gasteiger partial charge < -0.3 is 5.73 Å². The summed E-state index contributed by atoms with van der Waals surface area (Å²) in [5.74, 6) is 0.610. The lowest BCUT2D eigenvalue weighted by Crippen LogP contribution is -2.32. The Hall–Kier alpha value is -1.78. The van der Waals surface area contributed by atoms with Crippen LogP contribution in [0.2, 0.25) is 0 Å². The zero-order valence-corrected chi connectivity index (χ0v) is 11.8. The average molecular weight is 284 g/mol. The fourth-order valence-corrected chi connectivity index (χ4v) is 3.64. The lowest BCUT2D eigenvalue weighted by atomic mass is 9.95. The summed E-state index contributed by atoms with van der Waals surface area (Å²) in [6, 6.07) is 16.7. The van der Waals surface area contributed by atoms with E-state index in [0.29, 0.717) is 0 Å². The van der Waals surface area contributed by atoms with E-state index in [-0.39, 0.29) is 18.5 Å². The van der Waals surface area contributed by atoms with Crippen molar-refractivity contribution in [2.45, 2.75) is 16.7 Å². The molecule has 2 aromatic rings. The maximum atomic E-state index is 11.1. The Morgan fingerprint density at radius 2 is 1.85 bits per heavy atom. The third-order valence-electron chi connectivity index (χ3n) is 3.46. The van der Waals surface area contributed by atoms with Crippen molar-refractivity contribution in [3.63, 3.8) is 0 Å². The summed E-state index contributed by atoms with van der Waals surface area (Å²) in [5.41, 5.74) is 9.02. The van der Waals surface area contributed by atoms with Crippen LogP contribution in [0.15, 0.2) is 53.4 Å². The molecule has 20 heavy (non-hydrogen) atoms. The second-order valence-electron chi connectivity index (χ2n) is 4.81. The lowest BCUT2D eigenvalue weighted by Gasteiger charge is -2.20. The molecular formula is C16H16N2OS. The van der Waals surface area contributed by atoms with E-state index in [0.717, 1.165) is 5.75 Å². The van der Waals surface area contributed by atoms with Crippen LogP contribution < -0.4 is 11.1 Å². The van der Waals surface area contributed by atoms with E-state index < -0.39 is 0 Å². The van der Waals surface area contributed by atoms with Crippen molar-refractivity contribution < 1.29 is 4.79 Å². The molecule has 3 N–H and O–H groups in total. The van der Waals surface area contributed by atoms with Gasteiger partial charge in [-0.15, -0.1) is 11.8 Å². The van der Waals surface area contributed by atoms with Gasteiger partial charge in [0, 0.05) is 10.6 Å². The lowest BCUT2D eigenvalue weighted by molar-refractivity contribution is -0.117. The predicted octanol–water partition coefficient (Wildman–Crippen LogP) is 2.46. The van der Waals surface area contributed by atoms with Crippen LogP contribution in [0, 0.1) is 0 Å². The summed E-state index contributed by atoms with van der Waals surface area (Å²) < 4.78 is 0. The Morgan fingerprint density at radius 3 is 2.65 bits per heavy atom. The molecule has 1 amide bonds. The number of carbonyl (C=O) groups excluding carboxylic acids is 1. The second kappa shape index (κ2) is 5.69. The van der Waals surface area contributed by atoms with Crippen molar-refractivity contribution in [2.75, 3.05) is 6.54 Å². The average Bonchev–Trinajstić information content (AvgIpc) is 2.62. The predicted molar refractivity (Wildman–Crippen MR) is 81.5 cm³/mol. The first-order chi connectivity index (χ1) is 9.75. The van der Waals surface area contributed by atoms with Gasteiger partial charge in [0.2, 0.25) is 5.91 Å². The van der Waals surface area contributed by atoms with E-state index in [4.69, 9.17) is 5.73 Å². The summed E-state index contributed by atoms with van der Waals surface area (Å²) in [6.45, 7) is 0.179.